The van der Waals surface area contributed by atoms with E-state index < -0.39 is 6.17 Å². The minimum Gasteiger partial charge on any atom is -0.383 e. The van der Waals surface area contributed by atoms with Crippen LogP contribution in [0.15, 0.2) is 42.9 Å². The summed E-state index contributed by atoms with van der Waals surface area (Å²) >= 11 is 0. The van der Waals surface area contributed by atoms with E-state index in [-0.39, 0.29) is 6.04 Å². The standard InChI is InChI=1S/C28H34FN7/c1-31-25-8-7-19-6-5-17(12-23(19)34-25)3-4-18-11-22(29)24(13-18)36-15-21(20-9-10-35(2)14-20)26-27(30)32-16-33-28(26)36/h5-8,12,15-16,18,20,22,24H,3-4,9-11,13-14H2,1-2H3,(H,31,34)(H2,30,32,33). The van der Waals surface area contributed by atoms with E-state index in [1.807, 2.05) is 13.1 Å². The van der Waals surface area contributed by atoms with Gasteiger partial charge in [-0.15, -0.1) is 0 Å². The third kappa shape index (κ3) is 4.17. The molecule has 4 heterocycles. The highest BCUT2D eigenvalue weighted by molar-refractivity contribution is 5.90. The summed E-state index contributed by atoms with van der Waals surface area (Å²) in [5, 5.41) is 5.15. The molecule has 3 aromatic heterocycles. The van der Waals surface area contributed by atoms with Gasteiger partial charge < -0.3 is 20.5 Å². The molecule has 36 heavy (non-hydrogen) atoms. The number of halogens is 1. The third-order valence-electron chi connectivity index (χ3n) is 8.26. The first kappa shape index (κ1) is 23.2. The normalized spacial score (nSPS) is 24.8. The third-order valence-corrected chi connectivity index (χ3v) is 8.26. The van der Waals surface area contributed by atoms with Crippen molar-refractivity contribution in [3.8, 4) is 0 Å². The van der Waals surface area contributed by atoms with E-state index in [1.165, 1.54) is 17.5 Å². The van der Waals surface area contributed by atoms with Gasteiger partial charge in [-0.2, -0.15) is 0 Å². The fourth-order valence-corrected chi connectivity index (χ4v) is 6.30. The molecule has 0 amide bonds. The molecule has 4 atom stereocenters. The largest absolute Gasteiger partial charge is 0.383 e. The second-order valence-corrected chi connectivity index (χ2v) is 10.6. The summed E-state index contributed by atoms with van der Waals surface area (Å²) in [6, 6.07) is 10.3. The van der Waals surface area contributed by atoms with Gasteiger partial charge in [0.15, 0.2) is 0 Å². The number of rotatable bonds is 6. The maximum atomic E-state index is 15.5. The fraction of sp³-hybridized carbons (Fsp3) is 0.464. The topological polar surface area (TPSA) is 84.9 Å². The summed E-state index contributed by atoms with van der Waals surface area (Å²) in [6.07, 6.45) is 7.11. The van der Waals surface area contributed by atoms with Crippen LogP contribution < -0.4 is 11.1 Å². The first-order valence-electron chi connectivity index (χ1n) is 13.0. The molecule has 1 aliphatic carbocycles. The van der Waals surface area contributed by atoms with Gasteiger partial charge in [0.1, 0.15) is 29.8 Å². The van der Waals surface area contributed by atoms with Crippen LogP contribution in [0.3, 0.4) is 0 Å². The zero-order valence-electron chi connectivity index (χ0n) is 21.0. The monoisotopic (exact) mass is 487 g/mol. The van der Waals surface area contributed by atoms with Crippen molar-refractivity contribution in [1.82, 2.24) is 24.4 Å². The number of nitrogens with one attached hydrogen (secondary N) is 1. The molecular formula is C28H34FN7. The van der Waals surface area contributed by atoms with Crippen molar-refractivity contribution in [2.45, 2.75) is 50.2 Å². The second kappa shape index (κ2) is 9.32. The molecule has 1 saturated carbocycles. The molecule has 7 nitrogen and oxygen atoms in total. The summed E-state index contributed by atoms with van der Waals surface area (Å²) in [5.41, 5.74) is 10.5. The molecule has 4 unspecified atom stereocenters. The first-order valence-corrected chi connectivity index (χ1v) is 13.0. The number of alkyl halides is 1. The quantitative estimate of drug-likeness (QED) is 0.401. The van der Waals surface area contributed by atoms with E-state index in [0.29, 0.717) is 24.1 Å². The zero-order chi connectivity index (χ0) is 24.8. The average Bonchev–Trinajstić information content (AvgIpc) is 3.59. The molecule has 2 aliphatic rings. The Hall–Kier alpha value is -3.26. The Labute approximate surface area is 210 Å². The molecule has 2 fully saturated rings. The molecule has 6 rings (SSSR count). The smallest absolute Gasteiger partial charge is 0.146 e. The number of likely N-dealkylation sites (tertiary alicyclic amines) is 1. The molecule has 8 heteroatoms. The van der Waals surface area contributed by atoms with Crippen molar-refractivity contribution in [3.63, 3.8) is 0 Å². The molecule has 1 aliphatic heterocycles. The van der Waals surface area contributed by atoms with Crippen LogP contribution in [0.25, 0.3) is 21.9 Å². The van der Waals surface area contributed by atoms with Crippen LogP contribution in [0.5, 0.6) is 0 Å². The molecular weight excluding hydrogens is 453 g/mol. The van der Waals surface area contributed by atoms with Gasteiger partial charge in [-0.3, -0.25) is 0 Å². The van der Waals surface area contributed by atoms with Gasteiger partial charge in [-0.05, 0) is 80.9 Å². The molecule has 0 spiro atoms. The van der Waals surface area contributed by atoms with E-state index in [0.717, 1.165) is 66.5 Å². The van der Waals surface area contributed by atoms with Crippen LogP contribution in [-0.2, 0) is 6.42 Å². The van der Waals surface area contributed by atoms with Crippen molar-refractivity contribution in [1.29, 1.82) is 0 Å². The number of aromatic nitrogens is 4. The van der Waals surface area contributed by atoms with Crippen molar-refractivity contribution < 1.29 is 4.39 Å². The SMILES string of the molecule is CNc1ccc2ccc(CCC3CC(F)C(n4cc(C5CCN(C)C5)c5c(N)ncnc54)C3)cc2n1. The highest BCUT2D eigenvalue weighted by atomic mass is 19.1. The Morgan fingerprint density at radius 2 is 2.03 bits per heavy atom. The van der Waals surface area contributed by atoms with Gasteiger partial charge in [-0.25, -0.2) is 19.3 Å². The Bertz CT molecular complexity index is 1400. The molecule has 188 valence electrons. The number of nitrogens with two attached hydrogens (primary N) is 1. The van der Waals surface area contributed by atoms with Gasteiger partial charge in [-0.1, -0.05) is 12.1 Å². The van der Waals surface area contributed by atoms with E-state index in [1.54, 1.807) is 0 Å². The lowest BCUT2D eigenvalue weighted by Gasteiger charge is -2.16. The van der Waals surface area contributed by atoms with Crippen LogP contribution >= 0.6 is 0 Å². The van der Waals surface area contributed by atoms with Crippen LogP contribution in [0.1, 0.15) is 48.8 Å². The first-order chi connectivity index (χ1) is 17.5. The number of hydrogen-bond donors (Lipinski definition) is 2. The Morgan fingerprint density at radius 1 is 1.17 bits per heavy atom. The number of nitrogens with zero attached hydrogens (tertiary/aromatic N) is 5. The minimum atomic E-state index is -0.891. The molecule has 1 saturated heterocycles. The maximum absolute atomic E-state index is 15.5. The summed E-state index contributed by atoms with van der Waals surface area (Å²) in [5.74, 6) is 2.08. The lowest BCUT2D eigenvalue weighted by Crippen LogP contribution is -2.14. The number of aryl methyl sites for hydroxylation is 1. The highest BCUT2D eigenvalue weighted by Crippen LogP contribution is 2.43. The summed E-state index contributed by atoms with van der Waals surface area (Å²) < 4.78 is 17.6. The van der Waals surface area contributed by atoms with Crippen molar-refractivity contribution >= 4 is 33.6 Å². The lowest BCUT2D eigenvalue weighted by atomic mass is 9.97. The predicted molar refractivity (Wildman–Crippen MR) is 143 cm³/mol. The van der Waals surface area contributed by atoms with Crippen molar-refractivity contribution in [3.05, 3.63) is 54.0 Å². The molecule has 0 bridgehead atoms. The number of benzene rings is 1. The van der Waals surface area contributed by atoms with Crippen LogP contribution in [-0.4, -0.2) is 57.8 Å². The number of anilines is 2. The summed E-state index contributed by atoms with van der Waals surface area (Å²) in [4.78, 5) is 15.8. The number of pyridine rings is 1. The van der Waals surface area contributed by atoms with Gasteiger partial charge in [0.25, 0.3) is 0 Å². The number of fused-ring (bicyclic) bond motifs is 2. The van der Waals surface area contributed by atoms with Crippen LogP contribution in [0.4, 0.5) is 16.0 Å². The molecule has 3 N–H and O–H groups in total. The molecule has 1 aromatic carbocycles. The van der Waals surface area contributed by atoms with E-state index in [2.05, 4.69) is 67.2 Å². The van der Waals surface area contributed by atoms with E-state index in [4.69, 9.17) is 5.73 Å². The number of hydrogen-bond acceptors (Lipinski definition) is 6. The van der Waals surface area contributed by atoms with Crippen molar-refractivity contribution in [2.24, 2.45) is 5.92 Å². The zero-order valence-corrected chi connectivity index (χ0v) is 21.0. The molecule has 0 radical (unpaired) electrons. The Kier molecular flexibility index (Phi) is 5.99. The van der Waals surface area contributed by atoms with E-state index in [9.17, 15) is 0 Å². The Balaban J connectivity index is 1.21. The second-order valence-electron chi connectivity index (χ2n) is 10.6. The van der Waals surface area contributed by atoms with Gasteiger partial charge in [0.2, 0.25) is 0 Å². The van der Waals surface area contributed by atoms with E-state index >= 15 is 4.39 Å². The molecule has 4 aromatic rings. The van der Waals surface area contributed by atoms with Gasteiger partial charge in [0, 0.05) is 31.1 Å². The van der Waals surface area contributed by atoms with Gasteiger partial charge >= 0.3 is 0 Å². The predicted octanol–water partition coefficient (Wildman–Crippen LogP) is 4.94. The highest BCUT2D eigenvalue weighted by Gasteiger charge is 2.37. The number of likely N-dealkylation sites (N-methyl/N-ethyl adjacent to an activating group) is 1. The van der Waals surface area contributed by atoms with Crippen molar-refractivity contribution in [2.75, 3.05) is 38.2 Å². The number of nitrogen functional groups attached to an aromatic ring is 1. The lowest BCUT2D eigenvalue weighted by molar-refractivity contribution is 0.265. The Morgan fingerprint density at radius 3 is 2.83 bits per heavy atom. The van der Waals surface area contributed by atoms with Crippen LogP contribution in [0, 0.1) is 5.92 Å². The van der Waals surface area contributed by atoms with Crippen LogP contribution in [0.2, 0.25) is 0 Å². The summed E-state index contributed by atoms with van der Waals surface area (Å²) in [6.45, 7) is 2.04. The van der Waals surface area contributed by atoms with Gasteiger partial charge in [0.05, 0.1) is 16.9 Å². The summed E-state index contributed by atoms with van der Waals surface area (Å²) in [7, 11) is 4.02. The maximum Gasteiger partial charge on any atom is 0.146 e. The average molecular weight is 488 g/mol. The fourth-order valence-electron chi connectivity index (χ4n) is 6.30. The minimum absolute atomic E-state index is 0.212.